The SMILES string of the molecule is [N-]=[N+]=NCCOCCOCCOCCN1CCN(Cl)CC1. The highest BCUT2D eigenvalue weighted by atomic mass is 35.5. The van der Waals surface area contributed by atoms with Crippen molar-refractivity contribution in [2.75, 3.05) is 78.9 Å². The smallest absolute Gasteiger partial charge is 0.0701 e. The number of rotatable bonds is 12. The van der Waals surface area contributed by atoms with Crippen molar-refractivity contribution in [3.05, 3.63) is 10.4 Å². The van der Waals surface area contributed by atoms with Gasteiger partial charge in [0.1, 0.15) is 0 Å². The molecule has 9 heteroatoms. The van der Waals surface area contributed by atoms with Crippen LogP contribution in [0.5, 0.6) is 0 Å². The lowest BCUT2D eigenvalue weighted by molar-refractivity contribution is 0.0105. The van der Waals surface area contributed by atoms with Crippen LogP contribution in [0, 0.1) is 0 Å². The van der Waals surface area contributed by atoms with Gasteiger partial charge in [0.05, 0.1) is 39.6 Å². The molecule has 0 spiro atoms. The van der Waals surface area contributed by atoms with E-state index in [-0.39, 0.29) is 0 Å². The topological polar surface area (TPSA) is 82.9 Å². The van der Waals surface area contributed by atoms with Crippen LogP contribution < -0.4 is 0 Å². The molecule has 1 saturated heterocycles. The van der Waals surface area contributed by atoms with Crippen LogP contribution in [0.4, 0.5) is 0 Å². The Kier molecular flexibility index (Phi) is 11.5. The number of piperazine rings is 1. The van der Waals surface area contributed by atoms with E-state index in [2.05, 4.69) is 14.9 Å². The fraction of sp³-hybridized carbons (Fsp3) is 1.00. The van der Waals surface area contributed by atoms with E-state index in [1.807, 2.05) is 4.42 Å². The molecule has 122 valence electrons. The van der Waals surface area contributed by atoms with E-state index in [4.69, 9.17) is 31.5 Å². The van der Waals surface area contributed by atoms with Gasteiger partial charge in [0, 0.05) is 44.2 Å². The van der Waals surface area contributed by atoms with Crippen LogP contribution in [0.15, 0.2) is 5.11 Å². The normalized spacial score (nSPS) is 16.8. The molecule has 1 aliphatic rings. The minimum atomic E-state index is 0.359. The van der Waals surface area contributed by atoms with Gasteiger partial charge in [-0.2, -0.15) is 0 Å². The predicted octanol–water partition coefficient (Wildman–Crippen LogP) is 1.12. The molecule has 0 aromatic heterocycles. The van der Waals surface area contributed by atoms with Crippen LogP contribution in [0.1, 0.15) is 0 Å². The van der Waals surface area contributed by atoms with E-state index in [1.54, 1.807) is 0 Å². The van der Waals surface area contributed by atoms with Gasteiger partial charge in [-0.1, -0.05) is 5.11 Å². The second kappa shape index (κ2) is 13.1. The fourth-order valence-corrected chi connectivity index (χ4v) is 1.98. The van der Waals surface area contributed by atoms with Crippen molar-refractivity contribution in [2.45, 2.75) is 0 Å². The number of hydrogen-bond acceptors (Lipinski definition) is 6. The first-order valence-electron chi connectivity index (χ1n) is 7.20. The summed E-state index contributed by atoms with van der Waals surface area (Å²) >= 11 is 5.89. The Hall–Kier alpha value is -0.600. The van der Waals surface area contributed by atoms with Crippen molar-refractivity contribution in [3.8, 4) is 0 Å². The summed E-state index contributed by atoms with van der Waals surface area (Å²) in [7, 11) is 0. The molecule has 21 heavy (non-hydrogen) atoms. The molecule has 0 bridgehead atoms. The first-order valence-corrected chi connectivity index (χ1v) is 7.54. The molecule has 0 amide bonds. The Morgan fingerprint density at radius 1 is 0.905 bits per heavy atom. The summed E-state index contributed by atoms with van der Waals surface area (Å²) in [4.78, 5) is 4.98. The maximum atomic E-state index is 8.06. The van der Waals surface area contributed by atoms with Crippen molar-refractivity contribution >= 4 is 11.8 Å². The summed E-state index contributed by atoms with van der Waals surface area (Å²) in [5, 5.41) is 3.36. The first kappa shape index (κ1) is 18.4. The van der Waals surface area contributed by atoms with E-state index in [0.717, 1.165) is 32.7 Å². The Balaban J connectivity index is 1.75. The van der Waals surface area contributed by atoms with Crippen LogP contribution in [0.25, 0.3) is 10.4 Å². The monoisotopic (exact) mass is 321 g/mol. The lowest BCUT2D eigenvalue weighted by Gasteiger charge is -2.30. The molecule has 0 aliphatic carbocycles. The highest BCUT2D eigenvalue weighted by molar-refractivity contribution is 6.13. The number of ether oxygens (including phenoxy) is 3. The van der Waals surface area contributed by atoms with Crippen molar-refractivity contribution < 1.29 is 14.2 Å². The summed E-state index contributed by atoms with van der Waals surface area (Å²) in [6, 6.07) is 0. The average Bonchev–Trinajstić information content (AvgIpc) is 2.50. The van der Waals surface area contributed by atoms with Gasteiger partial charge in [0.15, 0.2) is 0 Å². The van der Waals surface area contributed by atoms with E-state index in [9.17, 15) is 0 Å². The molecular weight excluding hydrogens is 298 g/mol. The molecule has 0 radical (unpaired) electrons. The van der Waals surface area contributed by atoms with Gasteiger partial charge in [-0.3, -0.25) is 4.90 Å². The Morgan fingerprint density at radius 2 is 1.48 bits per heavy atom. The molecule has 1 aliphatic heterocycles. The molecule has 0 saturated carbocycles. The van der Waals surface area contributed by atoms with E-state index >= 15 is 0 Å². The minimum absolute atomic E-state index is 0.359. The third kappa shape index (κ3) is 10.7. The zero-order valence-electron chi connectivity index (χ0n) is 12.3. The lowest BCUT2D eigenvalue weighted by Crippen LogP contribution is -2.43. The third-order valence-corrected chi connectivity index (χ3v) is 3.35. The van der Waals surface area contributed by atoms with Gasteiger partial charge in [-0.15, -0.1) is 0 Å². The molecule has 0 unspecified atom stereocenters. The van der Waals surface area contributed by atoms with Crippen molar-refractivity contribution in [3.63, 3.8) is 0 Å². The quantitative estimate of drug-likeness (QED) is 0.177. The zero-order chi connectivity index (χ0) is 15.2. The van der Waals surface area contributed by atoms with Gasteiger partial charge in [0.25, 0.3) is 0 Å². The maximum absolute atomic E-state index is 8.06. The van der Waals surface area contributed by atoms with E-state index < -0.39 is 0 Å². The van der Waals surface area contributed by atoms with Gasteiger partial charge in [-0.05, 0) is 17.3 Å². The third-order valence-electron chi connectivity index (χ3n) is 3.01. The zero-order valence-corrected chi connectivity index (χ0v) is 13.1. The van der Waals surface area contributed by atoms with Crippen LogP contribution in [-0.4, -0.2) is 88.2 Å². The van der Waals surface area contributed by atoms with E-state index in [1.165, 1.54) is 0 Å². The number of azide groups is 1. The van der Waals surface area contributed by atoms with Crippen LogP contribution in [-0.2, 0) is 14.2 Å². The lowest BCUT2D eigenvalue weighted by atomic mass is 10.3. The predicted molar refractivity (Wildman–Crippen MR) is 80.3 cm³/mol. The standard InChI is InChI=1S/C12H24ClN5O3/c13-18-4-2-17(3-5-18)6-8-20-10-12-21-11-9-19-7-1-15-16-14/h1-12H2. The largest absolute Gasteiger partial charge is 0.379 e. The van der Waals surface area contributed by atoms with Crippen LogP contribution in [0.3, 0.4) is 0 Å². The summed E-state index contributed by atoms with van der Waals surface area (Å²) in [5.41, 5.74) is 8.06. The van der Waals surface area contributed by atoms with E-state index in [0.29, 0.717) is 46.2 Å². The number of hydrogen-bond donors (Lipinski definition) is 0. The molecule has 1 fully saturated rings. The van der Waals surface area contributed by atoms with Crippen molar-refractivity contribution in [2.24, 2.45) is 5.11 Å². The first-order chi connectivity index (χ1) is 10.3. The number of halogens is 1. The molecule has 0 atom stereocenters. The second-order valence-electron chi connectivity index (χ2n) is 4.54. The average molecular weight is 322 g/mol. The minimum Gasteiger partial charge on any atom is -0.379 e. The molecular formula is C12H24ClN5O3. The summed E-state index contributed by atoms with van der Waals surface area (Å²) in [6.07, 6.45) is 0. The molecule has 0 N–H and O–H groups in total. The molecule has 1 rings (SSSR count). The second-order valence-corrected chi connectivity index (χ2v) is 5.02. The Bertz CT molecular complexity index is 297. The van der Waals surface area contributed by atoms with Crippen LogP contribution in [0.2, 0.25) is 0 Å². The molecule has 1 heterocycles. The van der Waals surface area contributed by atoms with Crippen LogP contribution >= 0.6 is 11.8 Å². The summed E-state index contributed by atoms with van der Waals surface area (Å²) in [6.45, 7) is 8.44. The molecule has 0 aromatic carbocycles. The van der Waals surface area contributed by atoms with Gasteiger partial charge < -0.3 is 14.2 Å². The maximum Gasteiger partial charge on any atom is 0.0701 e. The van der Waals surface area contributed by atoms with Gasteiger partial charge >= 0.3 is 0 Å². The van der Waals surface area contributed by atoms with Gasteiger partial charge in [-0.25, -0.2) is 4.42 Å². The molecule has 0 aromatic rings. The summed E-state index contributed by atoms with van der Waals surface area (Å²) in [5.74, 6) is 0. The highest BCUT2D eigenvalue weighted by Gasteiger charge is 2.14. The van der Waals surface area contributed by atoms with Gasteiger partial charge in [0.2, 0.25) is 0 Å². The molecule has 8 nitrogen and oxygen atoms in total. The van der Waals surface area contributed by atoms with Crippen molar-refractivity contribution in [1.29, 1.82) is 0 Å². The highest BCUT2D eigenvalue weighted by Crippen LogP contribution is 2.03. The Morgan fingerprint density at radius 3 is 2.10 bits per heavy atom. The summed E-state index contributed by atoms with van der Waals surface area (Å²) < 4.78 is 17.9. The fourth-order valence-electron chi connectivity index (χ4n) is 1.83. The number of nitrogens with zero attached hydrogens (tertiary/aromatic N) is 5. The Labute approximate surface area is 130 Å². The van der Waals surface area contributed by atoms with Crippen molar-refractivity contribution in [1.82, 2.24) is 9.32 Å².